The Kier molecular flexibility index (Phi) is 4.91. The maximum Gasteiger partial charge on any atom is 0.417 e. The van der Waals surface area contributed by atoms with Crippen LogP contribution in [0, 0.1) is 16.0 Å². The standard InChI is InChI=1S/C17H22N2O5/c1-11-9-14(10-12-5-7-13(8-6-12)19(22)23)18(15(11)20)16(21)24-17(2,3)4/h5-8,11,14H,9-10H2,1-4H3/t11?,14-/m0/s1. The molecule has 130 valence electrons. The van der Waals surface area contributed by atoms with Gasteiger partial charge in [-0.1, -0.05) is 19.1 Å². The van der Waals surface area contributed by atoms with Crippen LogP contribution < -0.4 is 0 Å². The topological polar surface area (TPSA) is 89.8 Å². The van der Waals surface area contributed by atoms with E-state index in [1.807, 2.05) is 0 Å². The summed E-state index contributed by atoms with van der Waals surface area (Å²) in [4.78, 5) is 36.1. The number of likely N-dealkylation sites (tertiary alicyclic amines) is 1. The molecular weight excluding hydrogens is 312 g/mol. The van der Waals surface area contributed by atoms with Crippen molar-refractivity contribution in [2.24, 2.45) is 5.92 Å². The molecule has 0 spiro atoms. The molecule has 1 aromatic carbocycles. The van der Waals surface area contributed by atoms with E-state index in [0.29, 0.717) is 12.8 Å². The predicted octanol–water partition coefficient (Wildman–Crippen LogP) is 3.31. The van der Waals surface area contributed by atoms with E-state index in [9.17, 15) is 19.7 Å². The molecule has 0 aromatic heterocycles. The number of benzene rings is 1. The van der Waals surface area contributed by atoms with Crippen LogP contribution in [0.5, 0.6) is 0 Å². The number of nitrogens with zero attached hydrogens (tertiary/aromatic N) is 2. The molecule has 7 nitrogen and oxygen atoms in total. The highest BCUT2D eigenvalue weighted by atomic mass is 16.6. The minimum Gasteiger partial charge on any atom is -0.443 e. The molecule has 0 saturated carbocycles. The Labute approximate surface area is 140 Å². The normalized spacial score (nSPS) is 21.0. The van der Waals surface area contributed by atoms with Gasteiger partial charge in [0.25, 0.3) is 5.69 Å². The Bertz CT molecular complexity index is 648. The third-order valence-corrected chi connectivity index (χ3v) is 3.86. The number of nitro groups is 1. The van der Waals surface area contributed by atoms with Crippen molar-refractivity contribution in [3.63, 3.8) is 0 Å². The number of hydrogen-bond acceptors (Lipinski definition) is 5. The summed E-state index contributed by atoms with van der Waals surface area (Å²) in [6.07, 6.45) is 0.367. The Balaban J connectivity index is 2.16. The van der Waals surface area contributed by atoms with Crippen molar-refractivity contribution >= 4 is 17.7 Å². The molecule has 1 fully saturated rings. The van der Waals surface area contributed by atoms with Crippen LogP contribution in [-0.2, 0) is 16.0 Å². The minimum atomic E-state index is -0.679. The molecule has 0 N–H and O–H groups in total. The summed E-state index contributed by atoms with van der Waals surface area (Å²) in [6.45, 7) is 7.04. The molecule has 24 heavy (non-hydrogen) atoms. The number of hydrogen-bond donors (Lipinski definition) is 0. The summed E-state index contributed by atoms with van der Waals surface area (Å²) in [6, 6.07) is 5.85. The van der Waals surface area contributed by atoms with Gasteiger partial charge in [0, 0.05) is 24.1 Å². The van der Waals surface area contributed by atoms with Gasteiger partial charge in [-0.3, -0.25) is 14.9 Å². The molecule has 1 aromatic rings. The zero-order valence-electron chi connectivity index (χ0n) is 14.3. The van der Waals surface area contributed by atoms with E-state index in [1.165, 1.54) is 17.0 Å². The van der Waals surface area contributed by atoms with Gasteiger partial charge in [-0.15, -0.1) is 0 Å². The summed E-state index contributed by atoms with van der Waals surface area (Å²) in [5.74, 6) is -0.489. The van der Waals surface area contributed by atoms with Crippen LogP contribution >= 0.6 is 0 Å². The van der Waals surface area contributed by atoms with E-state index in [4.69, 9.17) is 4.74 Å². The van der Waals surface area contributed by atoms with E-state index >= 15 is 0 Å². The van der Waals surface area contributed by atoms with Crippen molar-refractivity contribution in [3.8, 4) is 0 Å². The molecule has 1 saturated heterocycles. The number of rotatable bonds is 3. The molecule has 2 amide bonds. The van der Waals surface area contributed by atoms with E-state index in [-0.39, 0.29) is 23.6 Å². The highest BCUT2D eigenvalue weighted by molar-refractivity contribution is 5.95. The lowest BCUT2D eigenvalue weighted by Gasteiger charge is -2.27. The third kappa shape index (κ3) is 4.10. The van der Waals surface area contributed by atoms with Crippen molar-refractivity contribution in [2.75, 3.05) is 0 Å². The fourth-order valence-electron chi connectivity index (χ4n) is 2.78. The van der Waals surface area contributed by atoms with Crippen LogP contribution in [0.3, 0.4) is 0 Å². The Hall–Kier alpha value is -2.44. The van der Waals surface area contributed by atoms with Gasteiger partial charge in [-0.2, -0.15) is 0 Å². The number of ether oxygens (including phenoxy) is 1. The van der Waals surface area contributed by atoms with Gasteiger partial charge in [-0.05, 0) is 39.2 Å². The van der Waals surface area contributed by atoms with E-state index in [0.717, 1.165) is 5.56 Å². The minimum absolute atomic E-state index is 0.0126. The second-order valence-corrected chi connectivity index (χ2v) is 7.11. The van der Waals surface area contributed by atoms with Crippen molar-refractivity contribution in [3.05, 3.63) is 39.9 Å². The average Bonchev–Trinajstić information content (AvgIpc) is 2.72. The second kappa shape index (κ2) is 6.59. The number of amides is 2. The quantitative estimate of drug-likeness (QED) is 0.625. The molecule has 0 aliphatic carbocycles. The van der Waals surface area contributed by atoms with Crippen LogP contribution in [0.15, 0.2) is 24.3 Å². The third-order valence-electron chi connectivity index (χ3n) is 3.86. The average molecular weight is 334 g/mol. The number of non-ortho nitro benzene ring substituents is 1. The van der Waals surface area contributed by atoms with E-state index in [1.54, 1.807) is 39.8 Å². The number of carbonyl (C=O) groups is 2. The summed E-state index contributed by atoms with van der Waals surface area (Å²) < 4.78 is 5.34. The summed E-state index contributed by atoms with van der Waals surface area (Å²) >= 11 is 0. The first-order valence-electron chi connectivity index (χ1n) is 7.88. The van der Waals surface area contributed by atoms with Gasteiger partial charge in [0.05, 0.1) is 4.92 Å². The molecule has 2 atom stereocenters. The Morgan fingerprint density at radius 2 is 1.92 bits per heavy atom. The van der Waals surface area contributed by atoms with Crippen LogP contribution in [0.1, 0.15) is 39.7 Å². The first-order chi connectivity index (χ1) is 11.1. The lowest BCUT2D eigenvalue weighted by molar-refractivity contribution is -0.384. The number of nitro benzene ring substituents is 1. The highest BCUT2D eigenvalue weighted by Gasteiger charge is 2.42. The summed E-state index contributed by atoms with van der Waals surface area (Å²) in [5, 5.41) is 10.7. The lowest BCUT2D eigenvalue weighted by atomic mass is 10.0. The predicted molar refractivity (Wildman–Crippen MR) is 87.4 cm³/mol. The Morgan fingerprint density at radius 3 is 2.42 bits per heavy atom. The monoisotopic (exact) mass is 334 g/mol. The number of carbonyl (C=O) groups excluding carboxylic acids is 2. The zero-order valence-corrected chi connectivity index (χ0v) is 14.3. The Morgan fingerprint density at radius 1 is 1.33 bits per heavy atom. The largest absolute Gasteiger partial charge is 0.443 e. The van der Waals surface area contributed by atoms with Gasteiger partial charge in [-0.25, -0.2) is 9.69 Å². The number of imide groups is 1. The molecule has 1 aliphatic rings. The molecule has 1 aliphatic heterocycles. The SMILES string of the molecule is CC1C[C@@H](Cc2ccc([N+](=O)[O-])cc2)N(C(=O)OC(C)(C)C)C1=O. The van der Waals surface area contributed by atoms with Crippen LogP contribution in [0.25, 0.3) is 0 Å². The first kappa shape index (κ1) is 17.9. The van der Waals surface area contributed by atoms with Crippen LogP contribution in [-0.4, -0.2) is 33.5 Å². The van der Waals surface area contributed by atoms with E-state index < -0.39 is 16.6 Å². The summed E-state index contributed by atoms with van der Waals surface area (Å²) in [7, 11) is 0. The molecule has 0 radical (unpaired) electrons. The molecule has 7 heteroatoms. The van der Waals surface area contributed by atoms with Crippen molar-refractivity contribution in [1.82, 2.24) is 4.90 Å². The fraction of sp³-hybridized carbons (Fsp3) is 0.529. The van der Waals surface area contributed by atoms with Gasteiger partial charge >= 0.3 is 6.09 Å². The van der Waals surface area contributed by atoms with Crippen LogP contribution in [0.4, 0.5) is 10.5 Å². The molecule has 2 rings (SSSR count). The van der Waals surface area contributed by atoms with Gasteiger partial charge in [0.1, 0.15) is 5.60 Å². The zero-order chi connectivity index (χ0) is 18.1. The van der Waals surface area contributed by atoms with Gasteiger partial charge < -0.3 is 4.74 Å². The van der Waals surface area contributed by atoms with Crippen molar-refractivity contribution < 1.29 is 19.2 Å². The van der Waals surface area contributed by atoms with Gasteiger partial charge in [0.2, 0.25) is 5.91 Å². The molecule has 1 heterocycles. The smallest absolute Gasteiger partial charge is 0.417 e. The van der Waals surface area contributed by atoms with Crippen molar-refractivity contribution in [2.45, 2.75) is 52.2 Å². The van der Waals surface area contributed by atoms with Crippen molar-refractivity contribution in [1.29, 1.82) is 0 Å². The second-order valence-electron chi connectivity index (χ2n) is 7.11. The fourth-order valence-corrected chi connectivity index (χ4v) is 2.78. The lowest BCUT2D eigenvalue weighted by Crippen LogP contribution is -2.43. The molecule has 0 bridgehead atoms. The molecular formula is C17H22N2O5. The maximum absolute atomic E-state index is 12.4. The highest BCUT2D eigenvalue weighted by Crippen LogP contribution is 2.29. The van der Waals surface area contributed by atoms with E-state index in [2.05, 4.69) is 0 Å². The van der Waals surface area contributed by atoms with Crippen LogP contribution in [0.2, 0.25) is 0 Å². The first-order valence-corrected chi connectivity index (χ1v) is 7.88. The molecule has 1 unspecified atom stereocenters. The summed E-state index contributed by atoms with van der Waals surface area (Å²) in [5.41, 5.74) is 0.167. The maximum atomic E-state index is 12.4. The van der Waals surface area contributed by atoms with Gasteiger partial charge in [0.15, 0.2) is 0 Å².